The minimum atomic E-state index is -0.855. The van der Waals surface area contributed by atoms with E-state index in [2.05, 4.69) is 0 Å². The van der Waals surface area contributed by atoms with Gasteiger partial charge in [-0.15, -0.1) is 11.8 Å². The first-order valence-electron chi connectivity index (χ1n) is 5.67. The van der Waals surface area contributed by atoms with Gasteiger partial charge in [0, 0.05) is 21.7 Å². The molecule has 0 heterocycles. The molecule has 0 radical (unpaired) electrons. The zero-order chi connectivity index (χ0) is 13.8. The van der Waals surface area contributed by atoms with Gasteiger partial charge in [-0.2, -0.15) is 0 Å². The molecule has 0 aliphatic heterocycles. The van der Waals surface area contributed by atoms with Crippen LogP contribution in [-0.2, 0) is 0 Å². The average Bonchev–Trinajstić information content (AvgIpc) is 2.40. The van der Waals surface area contributed by atoms with Gasteiger partial charge < -0.3 is 5.73 Å². The molecule has 0 fully saturated rings. The topological polar surface area (TPSA) is 26.0 Å². The fourth-order valence-electron chi connectivity index (χ4n) is 1.67. The maximum atomic E-state index is 13.2. The van der Waals surface area contributed by atoms with Gasteiger partial charge in [0.25, 0.3) is 0 Å². The number of rotatable bonds is 4. The molecular weight excluding hydrogens is 288 g/mol. The molecule has 0 saturated carbocycles. The number of thioether (sulfide) groups is 1. The van der Waals surface area contributed by atoms with E-state index < -0.39 is 11.6 Å². The van der Waals surface area contributed by atoms with Crippen molar-refractivity contribution in [2.24, 2.45) is 5.73 Å². The van der Waals surface area contributed by atoms with E-state index in [4.69, 9.17) is 17.3 Å². The molecule has 2 rings (SSSR count). The van der Waals surface area contributed by atoms with Crippen LogP contribution in [0.5, 0.6) is 0 Å². The molecule has 2 aromatic carbocycles. The first-order chi connectivity index (χ1) is 9.10. The van der Waals surface area contributed by atoms with Crippen molar-refractivity contribution in [2.45, 2.75) is 10.1 Å². The van der Waals surface area contributed by atoms with Gasteiger partial charge in [0.2, 0.25) is 0 Å². The van der Waals surface area contributed by atoms with Gasteiger partial charge in [-0.1, -0.05) is 23.7 Å². The molecule has 0 spiro atoms. The van der Waals surface area contributed by atoms with Crippen molar-refractivity contribution in [1.82, 2.24) is 0 Å². The maximum Gasteiger partial charge on any atom is 0.159 e. The second-order valence-electron chi connectivity index (χ2n) is 3.97. The summed E-state index contributed by atoms with van der Waals surface area (Å²) >= 11 is 7.32. The van der Waals surface area contributed by atoms with Crippen LogP contribution >= 0.6 is 23.4 Å². The molecule has 0 aliphatic rings. The first kappa shape index (κ1) is 14.3. The maximum absolute atomic E-state index is 13.2. The van der Waals surface area contributed by atoms with E-state index in [1.54, 1.807) is 6.07 Å². The normalized spacial score (nSPS) is 12.4. The standard InChI is InChI=1S/C14H12ClF2NS/c15-10-3-1-2-9(6-10)14(8-18)19-11-4-5-12(16)13(17)7-11/h1-7,14H,8,18H2. The molecule has 1 nitrogen and oxygen atoms in total. The van der Waals surface area contributed by atoms with Gasteiger partial charge in [-0.05, 0) is 35.9 Å². The van der Waals surface area contributed by atoms with Crippen LogP contribution in [0.4, 0.5) is 8.78 Å². The molecule has 0 amide bonds. The van der Waals surface area contributed by atoms with Crippen molar-refractivity contribution in [3.05, 3.63) is 64.7 Å². The predicted molar refractivity (Wildman–Crippen MR) is 75.5 cm³/mol. The van der Waals surface area contributed by atoms with Crippen LogP contribution in [0.1, 0.15) is 10.8 Å². The van der Waals surface area contributed by atoms with E-state index in [0.717, 1.165) is 11.6 Å². The third-order valence-electron chi connectivity index (χ3n) is 2.60. The summed E-state index contributed by atoms with van der Waals surface area (Å²) in [6, 6.07) is 11.2. The summed E-state index contributed by atoms with van der Waals surface area (Å²) in [5, 5.41) is 0.574. The molecule has 1 atom stereocenters. The minimum absolute atomic E-state index is 0.0523. The number of hydrogen-bond donors (Lipinski definition) is 1. The van der Waals surface area contributed by atoms with Crippen molar-refractivity contribution in [3.63, 3.8) is 0 Å². The minimum Gasteiger partial charge on any atom is -0.329 e. The van der Waals surface area contributed by atoms with Gasteiger partial charge >= 0.3 is 0 Å². The highest BCUT2D eigenvalue weighted by molar-refractivity contribution is 7.99. The smallest absolute Gasteiger partial charge is 0.159 e. The lowest BCUT2D eigenvalue weighted by Gasteiger charge is -2.15. The molecule has 0 saturated heterocycles. The van der Waals surface area contributed by atoms with Gasteiger partial charge in [0.1, 0.15) is 0 Å². The Morgan fingerprint density at radius 2 is 1.89 bits per heavy atom. The Kier molecular flexibility index (Phi) is 4.80. The zero-order valence-corrected chi connectivity index (χ0v) is 11.5. The van der Waals surface area contributed by atoms with E-state index in [9.17, 15) is 8.78 Å². The third kappa shape index (κ3) is 3.69. The summed E-state index contributed by atoms with van der Waals surface area (Å²) in [6.45, 7) is 0.379. The van der Waals surface area contributed by atoms with E-state index in [-0.39, 0.29) is 5.25 Å². The molecule has 2 N–H and O–H groups in total. The number of nitrogens with two attached hydrogens (primary N) is 1. The quantitative estimate of drug-likeness (QED) is 0.846. The van der Waals surface area contributed by atoms with Crippen molar-refractivity contribution in [2.75, 3.05) is 6.54 Å². The SMILES string of the molecule is NCC(Sc1ccc(F)c(F)c1)c1cccc(Cl)c1. The molecule has 1 unspecified atom stereocenters. The summed E-state index contributed by atoms with van der Waals surface area (Å²) < 4.78 is 26.0. The van der Waals surface area contributed by atoms with Crippen LogP contribution in [-0.4, -0.2) is 6.54 Å². The monoisotopic (exact) mass is 299 g/mol. The van der Waals surface area contributed by atoms with Crippen LogP contribution in [0.15, 0.2) is 47.4 Å². The van der Waals surface area contributed by atoms with Crippen LogP contribution in [0.2, 0.25) is 5.02 Å². The largest absolute Gasteiger partial charge is 0.329 e. The third-order valence-corrected chi connectivity index (χ3v) is 4.11. The summed E-state index contributed by atoms with van der Waals surface area (Å²) in [4.78, 5) is 0.634. The number of benzene rings is 2. The molecule has 2 aromatic rings. The summed E-state index contributed by atoms with van der Waals surface area (Å²) in [6.07, 6.45) is 0. The molecule has 5 heteroatoms. The van der Waals surface area contributed by atoms with Crippen LogP contribution in [0, 0.1) is 11.6 Å². The van der Waals surface area contributed by atoms with Crippen LogP contribution in [0.3, 0.4) is 0 Å². The van der Waals surface area contributed by atoms with Gasteiger partial charge in [-0.25, -0.2) is 8.78 Å². The Bertz CT molecular complexity index is 577. The van der Waals surface area contributed by atoms with Crippen LogP contribution in [0.25, 0.3) is 0 Å². The van der Waals surface area contributed by atoms with E-state index >= 15 is 0 Å². The Hall–Kier alpha value is -1.10. The summed E-state index contributed by atoms with van der Waals surface area (Å²) in [5.74, 6) is -1.71. The highest BCUT2D eigenvalue weighted by atomic mass is 35.5. The average molecular weight is 300 g/mol. The zero-order valence-electron chi connectivity index (χ0n) is 9.95. The molecule has 100 valence electrons. The van der Waals surface area contributed by atoms with Crippen molar-refractivity contribution < 1.29 is 8.78 Å². The molecule has 0 aromatic heterocycles. The van der Waals surface area contributed by atoms with Crippen molar-refractivity contribution in [1.29, 1.82) is 0 Å². The van der Waals surface area contributed by atoms with E-state index in [0.29, 0.717) is 16.5 Å². The highest BCUT2D eigenvalue weighted by Crippen LogP contribution is 2.35. The van der Waals surface area contributed by atoms with Gasteiger partial charge in [-0.3, -0.25) is 0 Å². The lowest BCUT2D eigenvalue weighted by molar-refractivity contribution is 0.506. The molecule has 19 heavy (non-hydrogen) atoms. The fourth-order valence-corrected chi connectivity index (χ4v) is 2.90. The first-order valence-corrected chi connectivity index (χ1v) is 6.93. The Labute approximate surface area is 119 Å². The second-order valence-corrected chi connectivity index (χ2v) is 5.69. The number of hydrogen-bond acceptors (Lipinski definition) is 2. The Balaban J connectivity index is 2.21. The lowest BCUT2D eigenvalue weighted by Crippen LogP contribution is -2.09. The summed E-state index contributed by atoms with van der Waals surface area (Å²) in [7, 11) is 0. The van der Waals surface area contributed by atoms with Crippen molar-refractivity contribution >= 4 is 23.4 Å². The van der Waals surface area contributed by atoms with Gasteiger partial charge in [0.15, 0.2) is 11.6 Å². The van der Waals surface area contributed by atoms with E-state index in [1.807, 2.05) is 18.2 Å². The van der Waals surface area contributed by atoms with Crippen LogP contribution < -0.4 is 5.73 Å². The Morgan fingerprint density at radius 1 is 1.11 bits per heavy atom. The van der Waals surface area contributed by atoms with Gasteiger partial charge in [0.05, 0.1) is 0 Å². The predicted octanol–water partition coefficient (Wildman–Crippen LogP) is 4.41. The van der Waals surface area contributed by atoms with Crippen molar-refractivity contribution in [3.8, 4) is 0 Å². The molecule has 0 bridgehead atoms. The summed E-state index contributed by atoms with van der Waals surface area (Å²) in [5.41, 5.74) is 6.70. The molecule has 0 aliphatic carbocycles. The fraction of sp³-hybridized carbons (Fsp3) is 0.143. The van der Waals surface area contributed by atoms with E-state index in [1.165, 1.54) is 23.9 Å². The Morgan fingerprint density at radius 3 is 2.53 bits per heavy atom. The number of halogens is 3. The lowest BCUT2D eigenvalue weighted by atomic mass is 10.1. The highest BCUT2D eigenvalue weighted by Gasteiger charge is 2.13. The molecular formula is C14H12ClF2NS. The second kappa shape index (κ2) is 6.37.